The summed E-state index contributed by atoms with van der Waals surface area (Å²) in [6.45, 7) is 6.18. The first-order chi connectivity index (χ1) is 21.9. The van der Waals surface area contributed by atoms with Gasteiger partial charge in [0.15, 0.2) is 5.82 Å². The quantitative estimate of drug-likeness (QED) is 0.207. The third kappa shape index (κ3) is 6.98. The van der Waals surface area contributed by atoms with Gasteiger partial charge in [0.2, 0.25) is 0 Å². The molecule has 0 bridgehead atoms. The molecular formula is C40H31N5. The summed E-state index contributed by atoms with van der Waals surface area (Å²) in [5, 5.41) is 8.38. The van der Waals surface area contributed by atoms with Crippen LogP contribution in [0.5, 0.6) is 0 Å². The van der Waals surface area contributed by atoms with Gasteiger partial charge >= 0.3 is 0 Å². The maximum atomic E-state index is 8.38. The van der Waals surface area contributed by atoms with Gasteiger partial charge in [-0.1, -0.05) is 114 Å². The molecule has 0 aliphatic carbocycles. The highest BCUT2D eigenvalue weighted by Crippen LogP contribution is 2.29. The summed E-state index contributed by atoms with van der Waals surface area (Å²) in [4.78, 5) is 19.2. The third-order valence-corrected chi connectivity index (χ3v) is 7.49. The number of nitrogens with zero attached hydrogens (tertiary/aromatic N) is 5. The Bertz CT molecular complexity index is 2040. The second-order valence-corrected chi connectivity index (χ2v) is 11.0. The maximum absolute atomic E-state index is 8.38. The molecule has 45 heavy (non-hydrogen) atoms. The van der Waals surface area contributed by atoms with Gasteiger partial charge < -0.3 is 0 Å². The molecule has 2 aromatic heterocycles. The molecule has 0 spiro atoms. The van der Waals surface area contributed by atoms with Crippen molar-refractivity contribution in [3.05, 3.63) is 156 Å². The van der Waals surface area contributed by atoms with E-state index in [4.69, 9.17) is 20.2 Å². The fourth-order valence-corrected chi connectivity index (χ4v) is 4.84. The largest absolute Gasteiger partial charge is 0.252 e. The molecule has 0 fully saturated rings. The number of hydrogen-bond donors (Lipinski definition) is 0. The van der Waals surface area contributed by atoms with Gasteiger partial charge in [-0.3, -0.25) is 4.98 Å². The van der Waals surface area contributed by atoms with Gasteiger partial charge in [0.05, 0.1) is 45.9 Å². The minimum Gasteiger partial charge on any atom is -0.252 e. The van der Waals surface area contributed by atoms with Crippen LogP contribution in [0.3, 0.4) is 0 Å². The minimum absolute atomic E-state index is 0.694. The molecule has 0 N–H and O–H groups in total. The molecule has 0 unspecified atom stereocenters. The molecule has 5 nitrogen and oxygen atoms in total. The van der Waals surface area contributed by atoms with Gasteiger partial charge in [0.1, 0.15) is 0 Å². The van der Waals surface area contributed by atoms with Crippen LogP contribution in [0.25, 0.3) is 56.2 Å². The lowest BCUT2D eigenvalue weighted by atomic mass is 10.0. The van der Waals surface area contributed by atoms with Gasteiger partial charge in [-0.25, -0.2) is 15.0 Å². The first kappa shape index (κ1) is 29.1. The minimum atomic E-state index is 0.694. The molecule has 7 aromatic rings. The van der Waals surface area contributed by atoms with Crippen molar-refractivity contribution in [2.24, 2.45) is 0 Å². The van der Waals surface area contributed by atoms with Crippen molar-refractivity contribution in [2.75, 3.05) is 0 Å². The number of benzene rings is 5. The predicted molar refractivity (Wildman–Crippen MR) is 182 cm³/mol. The third-order valence-electron chi connectivity index (χ3n) is 7.49. The Morgan fingerprint density at radius 2 is 0.911 bits per heavy atom. The lowest BCUT2D eigenvalue weighted by Gasteiger charge is -2.10. The van der Waals surface area contributed by atoms with Crippen LogP contribution >= 0.6 is 0 Å². The summed E-state index contributed by atoms with van der Waals surface area (Å²) in [6, 6.07) is 44.6. The van der Waals surface area contributed by atoms with Crippen LogP contribution in [0.1, 0.15) is 22.3 Å². The van der Waals surface area contributed by atoms with E-state index in [1.54, 1.807) is 0 Å². The molecule has 5 aromatic carbocycles. The van der Waals surface area contributed by atoms with E-state index in [0.29, 0.717) is 5.82 Å². The maximum Gasteiger partial charge on any atom is 0.160 e. The van der Waals surface area contributed by atoms with E-state index in [2.05, 4.69) is 104 Å². The zero-order valence-electron chi connectivity index (χ0n) is 25.4. The smallest absolute Gasteiger partial charge is 0.160 e. The van der Waals surface area contributed by atoms with Crippen molar-refractivity contribution in [1.29, 1.82) is 5.26 Å². The Morgan fingerprint density at radius 3 is 1.44 bits per heavy atom. The molecule has 0 aliphatic rings. The second kappa shape index (κ2) is 13.1. The van der Waals surface area contributed by atoms with Gasteiger partial charge in [-0.15, -0.1) is 0 Å². The van der Waals surface area contributed by atoms with Crippen LogP contribution in [-0.4, -0.2) is 19.9 Å². The standard InChI is InChI=1S/C32H24N4.C8H7N/c1-21-7-11-23(12-8-21)29-19-30(24-13-9-22(2)10-14-24)36-32(35-29)26-17-15-25(16-18-26)31-20-33-27-5-3-4-6-28(27)34-31;1-7-2-4-8(6-9)5-3-7/h3-20H,1-2H3;2-5H,1H3. The Balaban J connectivity index is 0.000000343. The van der Waals surface area contributed by atoms with Crippen molar-refractivity contribution >= 4 is 11.0 Å². The second-order valence-electron chi connectivity index (χ2n) is 11.0. The average molecular weight is 582 g/mol. The van der Waals surface area contributed by atoms with Crippen molar-refractivity contribution in [3.63, 3.8) is 0 Å². The molecule has 5 heteroatoms. The van der Waals surface area contributed by atoms with Crippen LogP contribution in [0.15, 0.2) is 134 Å². The summed E-state index contributed by atoms with van der Waals surface area (Å²) in [6.07, 6.45) is 1.82. The van der Waals surface area contributed by atoms with E-state index in [9.17, 15) is 0 Å². The molecule has 2 heterocycles. The average Bonchev–Trinajstić information content (AvgIpc) is 3.09. The van der Waals surface area contributed by atoms with Crippen LogP contribution in [-0.2, 0) is 0 Å². The highest BCUT2D eigenvalue weighted by atomic mass is 14.9. The fraction of sp³-hybridized carbons (Fsp3) is 0.0750. The topological polar surface area (TPSA) is 75.3 Å². The highest BCUT2D eigenvalue weighted by Gasteiger charge is 2.12. The molecule has 0 saturated heterocycles. The van der Waals surface area contributed by atoms with E-state index in [1.807, 2.05) is 61.7 Å². The van der Waals surface area contributed by atoms with Gasteiger partial charge in [0.25, 0.3) is 0 Å². The normalized spacial score (nSPS) is 10.5. The Kier molecular flexibility index (Phi) is 8.48. The zero-order chi connectivity index (χ0) is 31.2. The fourth-order valence-electron chi connectivity index (χ4n) is 4.84. The van der Waals surface area contributed by atoms with Gasteiger partial charge in [-0.05, 0) is 51.1 Å². The van der Waals surface area contributed by atoms with E-state index < -0.39 is 0 Å². The number of nitriles is 1. The van der Waals surface area contributed by atoms with E-state index in [1.165, 1.54) is 16.7 Å². The lowest BCUT2D eigenvalue weighted by Crippen LogP contribution is -1.96. The van der Waals surface area contributed by atoms with E-state index in [0.717, 1.165) is 55.9 Å². The van der Waals surface area contributed by atoms with Crippen LogP contribution < -0.4 is 0 Å². The number of aromatic nitrogens is 4. The number of hydrogen-bond acceptors (Lipinski definition) is 5. The molecule has 216 valence electrons. The van der Waals surface area contributed by atoms with E-state index >= 15 is 0 Å². The predicted octanol–water partition coefficient (Wildman–Crippen LogP) is 9.57. The Morgan fingerprint density at radius 1 is 0.467 bits per heavy atom. The number of fused-ring (bicyclic) bond motifs is 1. The Hall–Kier alpha value is -5.99. The first-order valence-electron chi connectivity index (χ1n) is 14.8. The summed E-state index contributed by atoms with van der Waals surface area (Å²) >= 11 is 0. The highest BCUT2D eigenvalue weighted by molar-refractivity contribution is 5.78. The number of rotatable bonds is 4. The lowest BCUT2D eigenvalue weighted by molar-refractivity contribution is 1.18. The van der Waals surface area contributed by atoms with Crippen LogP contribution in [0.2, 0.25) is 0 Å². The monoisotopic (exact) mass is 581 g/mol. The Labute approximate surface area is 263 Å². The van der Waals surface area contributed by atoms with Crippen LogP contribution in [0.4, 0.5) is 0 Å². The first-order valence-corrected chi connectivity index (χ1v) is 14.8. The molecule has 0 radical (unpaired) electrons. The zero-order valence-corrected chi connectivity index (χ0v) is 25.4. The van der Waals surface area contributed by atoms with Gasteiger partial charge in [-0.2, -0.15) is 5.26 Å². The molecule has 7 rings (SSSR count). The molecule has 0 atom stereocenters. The van der Waals surface area contributed by atoms with Crippen molar-refractivity contribution in [3.8, 4) is 51.2 Å². The van der Waals surface area contributed by atoms with Gasteiger partial charge in [0, 0.05) is 22.3 Å². The summed E-state index contributed by atoms with van der Waals surface area (Å²) in [5.74, 6) is 0.694. The van der Waals surface area contributed by atoms with Crippen LogP contribution in [0, 0.1) is 32.1 Å². The molecule has 0 aliphatic heterocycles. The SMILES string of the molecule is Cc1ccc(-c2cc(-c3ccc(C)cc3)nc(-c3ccc(-c4cnc5ccccc5n4)cc3)n2)cc1.Cc1ccc(C#N)cc1. The van der Waals surface area contributed by atoms with Crippen molar-refractivity contribution < 1.29 is 0 Å². The summed E-state index contributed by atoms with van der Waals surface area (Å²) < 4.78 is 0. The summed E-state index contributed by atoms with van der Waals surface area (Å²) in [5.41, 5.74) is 12.9. The number of para-hydroxylation sites is 2. The molecular weight excluding hydrogens is 550 g/mol. The summed E-state index contributed by atoms with van der Waals surface area (Å²) in [7, 11) is 0. The van der Waals surface area contributed by atoms with Crippen molar-refractivity contribution in [1.82, 2.24) is 19.9 Å². The van der Waals surface area contributed by atoms with E-state index in [-0.39, 0.29) is 0 Å². The molecule has 0 amide bonds. The van der Waals surface area contributed by atoms with Crippen molar-refractivity contribution in [2.45, 2.75) is 20.8 Å². The number of aryl methyl sites for hydroxylation is 3. The molecule has 0 saturated carbocycles.